The van der Waals surface area contributed by atoms with E-state index in [0.29, 0.717) is 47.7 Å². The van der Waals surface area contributed by atoms with Crippen molar-refractivity contribution in [2.24, 2.45) is 5.92 Å². The van der Waals surface area contributed by atoms with Gasteiger partial charge in [-0.1, -0.05) is 17.4 Å². The maximum Gasteiger partial charge on any atom is 0.257 e. The minimum Gasteiger partial charge on any atom is -0.494 e. The fourth-order valence-corrected chi connectivity index (χ4v) is 5.04. The highest BCUT2D eigenvalue weighted by Gasteiger charge is 2.33. The van der Waals surface area contributed by atoms with Crippen molar-refractivity contribution in [2.45, 2.75) is 25.0 Å². The molecule has 2 unspecified atom stereocenters. The van der Waals surface area contributed by atoms with Gasteiger partial charge in [0.05, 0.1) is 37.3 Å². The van der Waals surface area contributed by atoms with Crippen molar-refractivity contribution in [2.75, 3.05) is 39.4 Å². The third-order valence-corrected chi connectivity index (χ3v) is 6.80. The molecule has 1 saturated heterocycles. The lowest BCUT2D eigenvalue weighted by molar-refractivity contribution is -0.0895. The van der Waals surface area contributed by atoms with Crippen molar-refractivity contribution in [3.63, 3.8) is 0 Å². The van der Waals surface area contributed by atoms with Gasteiger partial charge in [-0.25, -0.2) is 4.98 Å². The average molecular weight is 456 g/mol. The standard InChI is InChI=1S/C23H25N3O5S/c1-28-17-6-5-15(18-12-30-9-10-31-18)21-19(17)25-23(32-21)26-22(27)14-7-8-24-16(11-14)20(29-2)13-3-4-13/h5-8,11,13,18,20H,3-4,9-10,12H2,1-2H3,(H,25,26,27). The van der Waals surface area contributed by atoms with Crippen molar-refractivity contribution >= 4 is 32.6 Å². The number of aromatic nitrogens is 2. The number of hydrogen-bond donors (Lipinski definition) is 1. The molecule has 1 aliphatic carbocycles. The van der Waals surface area contributed by atoms with Crippen LogP contribution in [0.2, 0.25) is 0 Å². The summed E-state index contributed by atoms with van der Waals surface area (Å²) < 4.78 is 23.5. The lowest BCUT2D eigenvalue weighted by Crippen LogP contribution is -2.21. The minimum absolute atomic E-state index is 0.0743. The molecule has 2 atom stereocenters. The third-order valence-electron chi connectivity index (χ3n) is 5.78. The number of carbonyl (C=O) groups excluding carboxylic acids is 1. The maximum atomic E-state index is 13.0. The molecule has 0 radical (unpaired) electrons. The molecule has 1 aliphatic heterocycles. The van der Waals surface area contributed by atoms with Crippen LogP contribution >= 0.6 is 11.3 Å². The Morgan fingerprint density at radius 2 is 2.12 bits per heavy atom. The Morgan fingerprint density at radius 3 is 2.84 bits per heavy atom. The van der Waals surface area contributed by atoms with E-state index in [1.807, 2.05) is 12.1 Å². The number of amides is 1. The Morgan fingerprint density at radius 1 is 1.25 bits per heavy atom. The molecular weight excluding hydrogens is 430 g/mol. The molecule has 2 aliphatic rings. The van der Waals surface area contributed by atoms with E-state index in [1.165, 1.54) is 11.3 Å². The van der Waals surface area contributed by atoms with Gasteiger partial charge in [0.15, 0.2) is 5.13 Å². The van der Waals surface area contributed by atoms with E-state index < -0.39 is 0 Å². The average Bonchev–Trinajstić information content (AvgIpc) is 3.57. The largest absolute Gasteiger partial charge is 0.494 e. The fourth-order valence-electron chi connectivity index (χ4n) is 4.01. The fraction of sp³-hybridized carbons (Fsp3) is 0.435. The highest BCUT2D eigenvalue weighted by molar-refractivity contribution is 7.22. The van der Waals surface area contributed by atoms with Crippen molar-refractivity contribution in [1.82, 2.24) is 9.97 Å². The predicted molar refractivity (Wildman–Crippen MR) is 120 cm³/mol. The van der Waals surface area contributed by atoms with Gasteiger partial charge in [-0.05, 0) is 37.0 Å². The molecule has 1 N–H and O–H groups in total. The number of nitrogens with zero attached hydrogens (tertiary/aromatic N) is 2. The summed E-state index contributed by atoms with van der Waals surface area (Å²) in [7, 11) is 3.29. The van der Waals surface area contributed by atoms with Gasteiger partial charge in [-0.3, -0.25) is 15.1 Å². The number of anilines is 1. The van der Waals surface area contributed by atoms with Gasteiger partial charge in [0, 0.05) is 24.4 Å². The number of rotatable bonds is 7. The van der Waals surface area contributed by atoms with E-state index in [4.69, 9.17) is 18.9 Å². The van der Waals surface area contributed by atoms with Gasteiger partial charge in [-0.2, -0.15) is 0 Å². The van der Waals surface area contributed by atoms with Crippen LogP contribution in [0.1, 0.15) is 46.7 Å². The van der Waals surface area contributed by atoms with Crippen molar-refractivity contribution < 1.29 is 23.7 Å². The number of pyridine rings is 1. The van der Waals surface area contributed by atoms with E-state index in [1.54, 1.807) is 32.5 Å². The summed E-state index contributed by atoms with van der Waals surface area (Å²) in [5.41, 5.74) is 2.98. The Balaban J connectivity index is 1.42. The second-order valence-corrected chi connectivity index (χ2v) is 8.90. The summed E-state index contributed by atoms with van der Waals surface area (Å²) in [6, 6.07) is 7.35. The predicted octanol–water partition coefficient (Wildman–Crippen LogP) is 4.14. The second kappa shape index (κ2) is 9.11. The van der Waals surface area contributed by atoms with Crippen LogP contribution in [0.25, 0.3) is 10.2 Å². The van der Waals surface area contributed by atoms with E-state index in [0.717, 1.165) is 28.8 Å². The molecule has 9 heteroatoms. The summed E-state index contributed by atoms with van der Waals surface area (Å²) in [4.78, 5) is 22.1. The molecule has 1 amide bonds. The van der Waals surface area contributed by atoms with Gasteiger partial charge < -0.3 is 18.9 Å². The molecule has 0 spiro atoms. The Hall–Kier alpha value is -2.59. The van der Waals surface area contributed by atoms with Gasteiger partial charge in [0.1, 0.15) is 23.5 Å². The number of nitrogens with one attached hydrogen (secondary N) is 1. The highest BCUT2D eigenvalue weighted by Crippen LogP contribution is 2.42. The topological polar surface area (TPSA) is 91.8 Å². The molecule has 1 aromatic carbocycles. The van der Waals surface area contributed by atoms with Crippen molar-refractivity contribution in [3.05, 3.63) is 47.3 Å². The summed E-state index contributed by atoms with van der Waals surface area (Å²) in [5, 5.41) is 3.43. The molecule has 3 heterocycles. The van der Waals surface area contributed by atoms with Gasteiger partial charge >= 0.3 is 0 Å². The number of fused-ring (bicyclic) bond motifs is 1. The van der Waals surface area contributed by atoms with E-state index >= 15 is 0 Å². The zero-order valence-electron chi connectivity index (χ0n) is 18.0. The summed E-state index contributed by atoms with van der Waals surface area (Å²) in [5.74, 6) is 0.888. The van der Waals surface area contributed by atoms with Crippen LogP contribution in [0.3, 0.4) is 0 Å². The quantitative estimate of drug-likeness (QED) is 0.572. The van der Waals surface area contributed by atoms with Crippen LogP contribution < -0.4 is 10.1 Å². The van der Waals surface area contributed by atoms with Gasteiger partial charge in [0.2, 0.25) is 0 Å². The first-order valence-electron chi connectivity index (χ1n) is 10.6. The van der Waals surface area contributed by atoms with Crippen LogP contribution in [-0.2, 0) is 14.2 Å². The molecule has 1 saturated carbocycles. The molecule has 5 rings (SSSR count). The summed E-state index contributed by atoms with van der Waals surface area (Å²) in [6.45, 7) is 1.63. The number of methoxy groups -OCH3 is 2. The zero-order valence-corrected chi connectivity index (χ0v) is 18.8. The Bertz CT molecular complexity index is 1120. The lowest BCUT2D eigenvalue weighted by atomic mass is 10.1. The number of thiazole rings is 1. The van der Waals surface area contributed by atoms with E-state index in [-0.39, 0.29) is 18.1 Å². The number of carbonyl (C=O) groups is 1. The smallest absolute Gasteiger partial charge is 0.257 e. The molecule has 2 aromatic heterocycles. The lowest BCUT2D eigenvalue weighted by Gasteiger charge is -2.23. The van der Waals surface area contributed by atoms with Crippen LogP contribution in [0.5, 0.6) is 5.75 Å². The number of hydrogen-bond acceptors (Lipinski definition) is 8. The number of benzene rings is 1. The van der Waals surface area contributed by atoms with E-state index in [2.05, 4.69) is 15.3 Å². The molecule has 0 bridgehead atoms. The first-order chi connectivity index (χ1) is 15.7. The van der Waals surface area contributed by atoms with Gasteiger partial charge in [-0.15, -0.1) is 0 Å². The molecule has 168 valence electrons. The number of ether oxygens (including phenoxy) is 4. The zero-order chi connectivity index (χ0) is 22.1. The SMILES string of the molecule is COc1ccc(C2COCCO2)c2sc(NC(=O)c3ccnc(C(OC)C4CC4)c3)nc12. The summed E-state index contributed by atoms with van der Waals surface area (Å²) >= 11 is 1.40. The minimum atomic E-state index is -0.240. The maximum absolute atomic E-state index is 13.0. The van der Waals surface area contributed by atoms with Crippen molar-refractivity contribution in [3.8, 4) is 5.75 Å². The second-order valence-electron chi connectivity index (χ2n) is 7.91. The van der Waals surface area contributed by atoms with Crippen LogP contribution in [0.4, 0.5) is 5.13 Å². The first kappa shape index (κ1) is 21.3. The molecular formula is C23H25N3O5S. The van der Waals surface area contributed by atoms with E-state index in [9.17, 15) is 4.79 Å². The molecule has 32 heavy (non-hydrogen) atoms. The third kappa shape index (κ3) is 4.21. The van der Waals surface area contributed by atoms with Crippen LogP contribution in [0.15, 0.2) is 30.5 Å². The normalized spacial score (nSPS) is 19.6. The Labute approximate surface area is 189 Å². The van der Waals surface area contributed by atoms with Gasteiger partial charge in [0.25, 0.3) is 5.91 Å². The summed E-state index contributed by atoms with van der Waals surface area (Å²) in [6.07, 6.45) is 3.66. The van der Waals surface area contributed by atoms with Crippen LogP contribution in [0, 0.1) is 5.92 Å². The monoisotopic (exact) mass is 455 g/mol. The highest BCUT2D eigenvalue weighted by atomic mass is 32.1. The van der Waals surface area contributed by atoms with Crippen LogP contribution in [-0.4, -0.2) is 49.9 Å². The molecule has 2 fully saturated rings. The molecule has 3 aromatic rings. The first-order valence-corrected chi connectivity index (χ1v) is 11.5. The van der Waals surface area contributed by atoms with Crippen molar-refractivity contribution in [1.29, 1.82) is 0 Å². The molecule has 8 nitrogen and oxygen atoms in total. The Kier molecular flexibility index (Phi) is 6.05.